The first kappa shape index (κ1) is 20.0. The number of hydrogen-bond donors (Lipinski definition) is 1. The molecule has 1 aromatic carbocycles. The summed E-state index contributed by atoms with van der Waals surface area (Å²) in [6.07, 6.45) is 2.22. The number of halogens is 3. The smallest absolute Gasteiger partial charge is 0.226 e. The Morgan fingerprint density at radius 1 is 1.52 bits per heavy atom. The molecule has 1 aromatic rings. The lowest BCUT2D eigenvalue weighted by Gasteiger charge is -2.38. The maximum Gasteiger partial charge on any atom is 0.226 e. The highest BCUT2D eigenvalue weighted by atomic mass is 35.5. The van der Waals surface area contributed by atoms with Crippen LogP contribution < -0.4 is 10.5 Å². The lowest BCUT2D eigenvalue weighted by Crippen LogP contribution is -2.49. The number of piperidine rings is 1. The van der Waals surface area contributed by atoms with E-state index in [9.17, 15) is 9.18 Å². The van der Waals surface area contributed by atoms with Gasteiger partial charge in [0.05, 0.1) is 18.1 Å². The molecule has 0 saturated carbocycles. The van der Waals surface area contributed by atoms with Crippen LogP contribution in [0.25, 0.3) is 0 Å². The number of likely N-dealkylation sites (tertiary alicyclic amines) is 1. The second kappa shape index (κ2) is 9.30. The van der Waals surface area contributed by atoms with Crippen LogP contribution in [0.5, 0.6) is 5.75 Å². The molecular formula is C16H23Cl2FN2O2. The summed E-state index contributed by atoms with van der Waals surface area (Å²) in [7, 11) is 0. The van der Waals surface area contributed by atoms with Gasteiger partial charge in [0.1, 0.15) is 11.6 Å². The van der Waals surface area contributed by atoms with Crippen molar-refractivity contribution in [1.82, 2.24) is 4.90 Å². The van der Waals surface area contributed by atoms with Gasteiger partial charge in [0.2, 0.25) is 5.91 Å². The summed E-state index contributed by atoms with van der Waals surface area (Å²) in [4.78, 5) is 14.2. The van der Waals surface area contributed by atoms with Crippen molar-refractivity contribution >= 4 is 29.9 Å². The Hall–Kier alpha value is -1.04. The van der Waals surface area contributed by atoms with E-state index < -0.39 is 5.82 Å². The average Bonchev–Trinajstić information content (AvgIpc) is 2.49. The van der Waals surface area contributed by atoms with Gasteiger partial charge in [0, 0.05) is 19.1 Å². The monoisotopic (exact) mass is 364 g/mol. The fourth-order valence-electron chi connectivity index (χ4n) is 2.79. The third kappa shape index (κ3) is 5.52. The molecule has 1 aliphatic rings. The van der Waals surface area contributed by atoms with Gasteiger partial charge in [0.15, 0.2) is 0 Å². The van der Waals surface area contributed by atoms with Crippen LogP contribution in [0, 0.1) is 11.7 Å². The summed E-state index contributed by atoms with van der Waals surface area (Å²) in [6, 6.07) is 4.05. The van der Waals surface area contributed by atoms with Crippen LogP contribution in [0.4, 0.5) is 4.39 Å². The maximum atomic E-state index is 12.9. The first-order valence-corrected chi connectivity index (χ1v) is 7.96. The predicted molar refractivity (Wildman–Crippen MR) is 91.7 cm³/mol. The van der Waals surface area contributed by atoms with Crippen molar-refractivity contribution in [3.8, 4) is 5.75 Å². The first-order chi connectivity index (χ1) is 10.5. The van der Waals surface area contributed by atoms with Crippen molar-refractivity contribution in [3.63, 3.8) is 0 Å². The quantitative estimate of drug-likeness (QED) is 0.872. The third-order valence-electron chi connectivity index (χ3n) is 4.04. The Bertz CT molecular complexity index is 531. The van der Waals surface area contributed by atoms with Crippen LogP contribution in [-0.2, 0) is 4.79 Å². The Morgan fingerprint density at radius 3 is 2.91 bits per heavy atom. The highest BCUT2D eigenvalue weighted by molar-refractivity contribution is 6.32. The molecule has 2 rings (SSSR count). The minimum Gasteiger partial charge on any atom is -0.491 e. The lowest BCUT2D eigenvalue weighted by molar-refractivity contribution is -0.135. The number of benzene rings is 1. The highest BCUT2D eigenvalue weighted by Gasteiger charge is 2.28. The van der Waals surface area contributed by atoms with Crippen molar-refractivity contribution in [2.75, 3.05) is 19.7 Å². The fourth-order valence-corrected chi connectivity index (χ4v) is 3.01. The van der Waals surface area contributed by atoms with Gasteiger partial charge in [-0.2, -0.15) is 0 Å². The Balaban J connectivity index is 0.00000264. The summed E-state index contributed by atoms with van der Waals surface area (Å²) < 4.78 is 18.4. The average molecular weight is 365 g/mol. The Morgan fingerprint density at radius 2 is 2.26 bits per heavy atom. The normalized spacial score (nSPS) is 20.8. The number of amides is 1. The zero-order valence-electron chi connectivity index (χ0n) is 13.1. The van der Waals surface area contributed by atoms with E-state index in [1.54, 1.807) is 0 Å². The van der Waals surface area contributed by atoms with Gasteiger partial charge >= 0.3 is 0 Å². The summed E-state index contributed by atoms with van der Waals surface area (Å²) in [5.41, 5.74) is 5.77. The minimum atomic E-state index is -0.415. The lowest BCUT2D eigenvalue weighted by atomic mass is 9.92. The molecule has 1 amide bonds. The van der Waals surface area contributed by atoms with E-state index in [2.05, 4.69) is 6.92 Å². The molecule has 2 unspecified atom stereocenters. The standard InChI is InChI=1S/C16H22ClFN2O2.ClH/c1-11-4-6-20(13(8-11)10-19)16(21)5-7-22-15-3-2-12(18)9-14(15)17;/h2-3,9,11,13H,4-8,10,19H2,1H3;1H. The summed E-state index contributed by atoms with van der Waals surface area (Å²) in [6.45, 7) is 3.64. The zero-order valence-corrected chi connectivity index (χ0v) is 14.7. The van der Waals surface area contributed by atoms with Crippen molar-refractivity contribution in [1.29, 1.82) is 0 Å². The molecule has 0 aromatic heterocycles. The SMILES string of the molecule is CC1CCN(C(=O)CCOc2ccc(F)cc2Cl)C(CN)C1.Cl. The molecule has 1 saturated heterocycles. The van der Waals surface area contributed by atoms with Gasteiger partial charge in [-0.05, 0) is 37.0 Å². The number of nitrogens with zero attached hydrogens (tertiary/aromatic N) is 1. The van der Waals surface area contributed by atoms with E-state index in [-0.39, 0.29) is 42.4 Å². The van der Waals surface area contributed by atoms with Crippen molar-refractivity contribution < 1.29 is 13.9 Å². The molecule has 4 nitrogen and oxygen atoms in total. The Kier molecular flexibility index (Phi) is 8.09. The van der Waals surface area contributed by atoms with Crippen LogP contribution in [0.2, 0.25) is 5.02 Å². The molecule has 0 bridgehead atoms. The molecule has 2 atom stereocenters. The van der Waals surface area contributed by atoms with E-state index in [0.29, 0.717) is 18.2 Å². The highest BCUT2D eigenvalue weighted by Crippen LogP contribution is 2.25. The molecule has 0 aliphatic carbocycles. The van der Waals surface area contributed by atoms with E-state index in [4.69, 9.17) is 22.1 Å². The Labute approximate surface area is 147 Å². The number of ether oxygens (including phenoxy) is 1. The molecular weight excluding hydrogens is 342 g/mol. The van der Waals surface area contributed by atoms with Gasteiger partial charge in [-0.1, -0.05) is 18.5 Å². The molecule has 1 fully saturated rings. The van der Waals surface area contributed by atoms with Crippen LogP contribution in [-0.4, -0.2) is 36.5 Å². The number of hydrogen-bond acceptors (Lipinski definition) is 3. The van der Waals surface area contributed by atoms with Crippen LogP contribution in [0.3, 0.4) is 0 Å². The molecule has 7 heteroatoms. The van der Waals surface area contributed by atoms with E-state index in [1.165, 1.54) is 18.2 Å². The molecule has 1 aliphatic heterocycles. The van der Waals surface area contributed by atoms with Gasteiger partial charge in [-0.3, -0.25) is 4.79 Å². The molecule has 23 heavy (non-hydrogen) atoms. The van der Waals surface area contributed by atoms with Gasteiger partial charge < -0.3 is 15.4 Å². The van der Waals surface area contributed by atoms with Crippen LogP contribution in [0.1, 0.15) is 26.2 Å². The fraction of sp³-hybridized carbons (Fsp3) is 0.562. The van der Waals surface area contributed by atoms with Gasteiger partial charge in [-0.25, -0.2) is 4.39 Å². The molecule has 2 N–H and O–H groups in total. The number of rotatable bonds is 5. The van der Waals surface area contributed by atoms with E-state index in [0.717, 1.165) is 19.4 Å². The second-order valence-corrected chi connectivity index (χ2v) is 6.19. The summed E-state index contributed by atoms with van der Waals surface area (Å²) in [5.74, 6) is 0.618. The molecule has 1 heterocycles. The van der Waals surface area contributed by atoms with Crippen LogP contribution in [0.15, 0.2) is 18.2 Å². The van der Waals surface area contributed by atoms with E-state index in [1.807, 2.05) is 4.90 Å². The summed E-state index contributed by atoms with van der Waals surface area (Å²) >= 11 is 5.88. The molecule has 0 spiro atoms. The largest absolute Gasteiger partial charge is 0.491 e. The second-order valence-electron chi connectivity index (χ2n) is 5.78. The molecule has 0 radical (unpaired) electrons. The van der Waals surface area contributed by atoms with Crippen LogP contribution >= 0.6 is 24.0 Å². The maximum absolute atomic E-state index is 12.9. The van der Waals surface area contributed by atoms with Gasteiger partial charge in [-0.15, -0.1) is 12.4 Å². The first-order valence-electron chi connectivity index (χ1n) is 7.58. The number of nitrogens with two attached hydrogens (primary N) is 1. The number of carbonyl (C=O) groups excluding carboxylic acids is 1. The van der Waals surface area contributed by atoms with Crippen molar-refractivity contribution in [2.45, 2.75) is 32.2 Å². The minimum absolute atomic E-state index is 0. The zero-order chi connectivity index (χ0) is 16.1. The third-order valence-corrected chi connectivity index (χ3v) is 4.33. The van der Waals surface area contributed by atoms with E-state index >= 15 is 0 Å². The number of carbonyl (C=O) groups is 1. The topological polar surface area (TPSA) is 55.6 Å². The summed E-state index contributed by atoms with van der Waals surface area (Å²) in [5, 5.41) is 0.207. The predicted octanol–water partition coefficient (Wildman–Crippen LogP) is 3.26. The van der Waals surface area contributed by atoms with Gasteiger partial charge in [0.25, 0.3) is 0 Å². The van der Waals surface area contributed by atoms with Crippen molar-refractivity contribution in [3.05, 3.63) is 29.0 Å². The van der Waals surface area contributed by atoms with Crippen molar-refractivity contribution in [2.24, 2.45) is 11.7 Å². The molecule has 130 valence electrons.